The van der Waals surface area contributed by atoms with Crippen LogP contribution in [0.25, 0.3) is 0 Å². The van der Waals surface area contributed by atoms with Crippen molar-refractivity contribution in [1.29, 1.82) is 0 Å². The average Bonchev–Trinajstić information content (AvgIpc) is 2.57. The van der Waals surface area contributed by atoms with Crippen molar-refractivity contribution in [3.63, 3.8) is 0 Å². The minimum absolute atomic E-state index is 0. The van der Waals surface area contributed by atoms with Gasteiger partial charge in [0.1, 0.15) is 0 Å². The van der Waals surface area contributed by atoms with Crippen LogP contribution in [0.5, 0.6) is 0 Å². The third-order valence-electron chi connectivity index (χ3n) is 3.89. The molecule has 0 aromatic rings. The summed E-state index contributed by atoms with van der Waals surface area (Å²) >= 11 is 0. The molecular weight excluding hydrogens is 370 g/mol. The van der Waals surface area contributed by atoms with Crippen LogP contribution >= 0.6 is 8.73 Å². The van der Waals surface area contributed by atoms with Gasteiger partial charge in [-0.3, -0.25) is 0 Å². The van der Waals surface area contributed by atoms with Crippen LogP contribution in [-0.4, -0.2) is 143 Å². The van der Waals surface area contributed by atoms with Gasteiger partial charge in [0.25, 0.3) is 0 Å². The van der Waals surface area contributed by atoms with Gasteiger partial charge >= 0.3 is 218 Å². The molecule has 0 aromatic carbocycles. The van der Waals surface area contributed by atoms with Crippen LogP contribution in [0.3, 0.4) is 0 Å². The molecule has 0 rings (SSSR count). The third kappa shape index (κ3) is 18.5. The van der Waals surface area contributed by atoms with Gasteiger partial charge in [-0.15, -0.1) is 0 Å². The molecule has 0 heterocycles. The van der Waals surface area contributed by atoms with Gasteiger partial charge < -0.3 is 4.74 Å². The molecule has 0 aliphatic rings. The van der Waals surface area contributed by atoms with Crippen molar-refractivity contribution in [2.24, 2.45) is 0 Å². The summed E-state index contributed by atoms with van der Waals surface area (Å²) in [5.41, 5.74) is 0. The van der Waals surface area contributed by atoms with E-state index in [1.807, 2.05) is 0 Å². The van der Waals surface area contributed by atoms with Crippen molar-refractivity contribution in [3.8, 4) is 0 Å². The van der Waals surface area contributed by atoms with E-state index < -0.39 is 8.73 Å². The summed E-state index contributed by atoms with van der Waals surface area (Å²) in [6.07, 6.45) is 1.10. The van der Waals surface area contributed by atoms with Gasteiger partial charge in [0.15, 0.2) is 0 Å². The van der Waals surface area contributed by atoms with Crippen LogP contribution in [0.1, 0.15) is 0 Å². The number of ether oxygens (including phenoxy) is 4. The zero-order valence-corrected chi connectivity index (χ0v) is 24.7. The predicted molar refractivity (Wildman–Crippen MR) is 141 cm³/mol. The van der Waals surface area contributed by atoms with Crippen LogP contribution in [0, 0.1) is 0 Å². The predicted octanol–water partition coefficient (Wildman–Crippen LogP) is -12.6. The Bertz CT molecular complexity index is 448. The third-order valence-corrected chi connectivity index (χ3v) is 8.56. The number of methoxy groups -OCH3 is 1. The second kappa shape index (κ2) is 23.1. The molecule has 0 spiro atoms. The molecule has 0 saturated carbocycles. The molecule has 0 unspecified atom stereocenters. The summed E-state index contributed by atoms with van der Waals surface area (Å²) in [6.45, 7) is 4.39. The smallest absolute Gasteiger partial charge is 0.382 e. The van der Waals surface area contributed by atoms with Crippen LogP contribution in [-0.2, 0) is 18.9 Å². The summed E-state index contributed by atoms with van der Waals surface area (Å²) in [5, 5.41) is 0. The van der Waals surface area contributed by atoms with Gasteiger partial charge in [0, 0.05) is 7.11 Å². The van der Waals surface area contributed by atoms with Gasteiger partial charge in [-0.05, 0) is 0 Å². The Morgan fingerprint density at radius 3 is 1.54 bits per heavy atom. The molecule has 3 radical (unpaired) electrons. The van der Waals surface area contributed by atoms with Crippen molar-refractivity contribution < 1.29 is 78.1 Å². The molecule has 0 fully saturated rings. The normalized spacial score (nSPS) is 9.93. The molecule has 0 aromatic heterocycles. The maximum atomic E-state index is 6.04. The number of hydrogen-bond acceptors (Lipinski definition) is 4. The molecule has 0 aliphatic carbocycles. The zero-order chi connectivity index (χ0) is 19.8. The van der Waals surface area contributed by atoms with Gasteiger partial charge in [0.2, 0.25) is 0 Å². The van der Waals surface area contributed by atoms with E-state index in [0.29, 0.717) is 65.2 Å². The Hall–Kier alpha value is 2.97. The van der Waals surface area contributed by atoms with E-state index in [1.54, 1.807) is 7.11 Å². The minimum Gasteiger partial charge on any atom is -0.382 e. The van der Waals surface area contributed by atoms with Gasteiger partial charge in [-0.25, -0.2) is 0 Å². The van der Waals surface area contributed by atoms with E-state index in [4.69, 9.17) is 26.7 Å². The molecule has 19 heteroatoms. The Kier molecular flexibility index (Phi) is 29.4. The molecule has 0 saturated heterocycles. The van der Waals surface area contributed by atoms with Crippen LogP contribution in [0.15, 0.2) is 0 Å². The standard InChI is InChI=1S/C9H30B12O4S.2Na/c1-22-2-3-23-4-5-24-6-7-25-8-9-26(17-19(11)12,18-20(13)14)21(15)16-10;;/h16H,2-9,11-15H2,1H3;;/q-1;2*+1/i10-1,11-1,12-1,13-1,14-1,15-1,16-1,17-1,18-1,19-1,20-1,21-1;;. The fourth-order valence-corrected chi connectivity index (χ4v) is 6.82. The first kappa shape index (κ1) is 35.6. The van der Waals surface area contributed by atoms with Crippen LogP contribution in [0.4, 0.5) is 0 Å². The van der Waals surface area contributed by atoms with E-state index in [-0.39, 0.29) is 59.1 Å². The van der Waals surface area contributed by atoms with E-state index in [0.717, 1.165) is 12.4 Å². The minimum atomic E-state index is -1.01. The van der Waals surface area contributed by atoms with Crippen molar-refractivity contribution in [1.82, 2.24) is 0 Å². The van der Waals surface area contributed by atoms with Crippen molar-refractivity contribution in [2.45, 2.75) is 0 Å². The molecule has 4 nitrogen and oxygen atoms in total. The van der Waals surface area contributed by atoms with Crippen LogP contribution < -0.4 is 59.1 Å². The Balaban J connectivity index is -0.00000312. The Morgan fingerprint density at radius 1 is 0.786 bits per heavy atom. The first-order valence-electron chi connectivity index (χ1n) is 9.79. The van der Waals surface area contributed by atoms with Crippen molar-refractivity contribution >= 4 is 92.9 Å². The van der Waals surface area contributed by atoms with E-state index in [2.05, 4.69) is 50.8 Å². The van der Waals surface area contributed by atoms with Crippen LogP contribution in [0.2, 0.25) is 0 Å². The summed E-state index contributed by atoms with van der Waals surface area (Å²) < 4.78 is 21.6. The first-order valence-corrected chi connectivity index (χ1v) is 11.8. The summed E-state index contributed by atoms with van der Waals surface area (Å²) in [4.78, 5) is 0. The molecule has 0 amide bonds. The second-order valence-electron chi connectivity index (χ2n) is 7.25. The fraction of sp³-hybridized carbons (Fsp3) is 1.00. The molecule has 28 heavy (non-hydrogen) atoms. The molecular formula is C9H30B12Na2O4S+. The van der Waals surface area contributed by atoms with Crippen molar-refractivity contribution in [3.05, 3.63) is 0 Å². The SMILES string of the molecule is [10B-][10BH][10B]([10BH2])S(=[10B][10B]([10BH2])[10BH2])(=[10B][10B]([10BH2])[10BH2])CCOCCOCCOCCOC.[Na+].[Na+]. The number of rotatable bonds is 16. The van der Waals surface area contributed by atoms with Gasteiger partial charge in [0.05, 0.1) is 0 Å². The zero-order valence-electron chi connectivity index (χ0n) is 19.9. The summed E-state index contributed by atoms with van der Waals surface area (Å²) in [6, 6.07) is 5.06. The molecule has 0 N–H and O–H groups in total. The Labute approximate surface area is 227 Å². The maximum absolute atomic E-state index is 6.04. The average molecular weight is 401 g/mol. The monoisotopic (exact) mass is 400 g/mol. The van der Waals surface area contributed by atoms with E-state index in [1.165, 1.54) is 0 Å². The summed E-state index contributed by atoms with van der Waals surface area (Å²) in [7, 11) is 18.7. The Morgan fingerprint density at radius 2 is 1.18 bits per heavy atom. The molecule has 0 atom stereocenters. The van der Waals surface area contributed by atoms with Gasteiger partial charge in [-0.1, -0.05) is 0 Å². The first-order chi connectivity index (χ1) is 12.4. The van der Waals surface area contributed by atoms with E-state index >= 15 is 0 Å². The van der Waals surface area contributed by atoms with Crippen molar-refractivity contribution in [2.75, 3.05) is 59.1 Å². The second-order valence-corrected chi connectivity index (χ2v) is 10.8. The number of hydrogen-bond donors (Lipinski definition) is 0. The van der Waals surface area contributed by atoms with Gasteiger partial charge in [-0.2, -0.15) is 0 Å². The summed E-state index contributed by atoms with van der Waals surface area (Å²) in [5.74, 6) is 1.53. The fourth-order valence-electron chi connectivity index (χ4n) is 2.73. The topological polar surface area (TPSA) is 36.9 Å². The molecule has 0 aliphatic heterocycles. The quantitative estimate of drug-likeness (QED) is 0.191. The van der Waals surface area contributed by atoms with E-state index in [9.17, 15) is 0 Å². The molecule has 133 valence electrons. The molecule has 0 bridgehead atoms.